The van der Waals surface area contributed by atoms with Crippen LogP contribution in [0.5, 0.6) is 0 Å². The van der Waals surface area contributed by atoms with Crippen LogP contribution in [0.3, 0.4) is 0 Å². The van der Waals surface area contributed by atoms with Crippen LogP contribution in [0.1, 0.15) is 51.9 Å². The van der Waals surface area contributed by atoms with Crippen LogP contribution in [0.4, 0.5) is 0 Å². The first-order chi connectivity index (χ1) is 8.90. The van der Waals surface area contributed by atoms with Gasteiger partial charge < -0.3 is 10.1 Å². The SMILES string of the molecule is CCCNC(CSC1CCCC1)C1=CCCCO1. The molecule has 1 fully saturated rings. The van der Waals surface area contributed by atoms with Crippen molar-refractivity contribution in [3.8, 4) is 0 Å². The zero-order chi connectivity index (χ0) is 12.6. The van der Waals surface area contributed by atoms with Gasteiger partial charge in [-0.05, 0) is 44.7 Å². The molecule has 3 heteroatoms. The van der Waals surface area contributed by atoms with Gasteiger partial charge in [-0.15, -0.1) is 0 Å². The minimum absolute atomic E-state index is 0.441. The summed E-state index contributed by atoms with van der Waals surface area (Å²) >= 11 is 2.15. The third kappa shape index (κ3) is 4.51. The molecule has 1 saturated carbocycles. The molecule has 0 aromatic rings. The first-order valence-electron chi connectivity index (χ1n) is 7.58. The Bertz CT molecular complexity index is 261. The van der Waals surface area contributed by atoms with Crippen molar-refractivity contribution >= 4 is 11.8 Å². The van der Waals surface area contributed by atoms with E-state index in [1.54, 1.807) is 0 Å². The van der Waals surface area contributed by atoms with Gasteiger partial charge in [-0.3, -0.25) is 0 Å². The summed E-state index contributed by atoms with van der Waals surface area (Å²) in [6.45, 7) is 4.23. The fourth-order valence-electron chi connectivity index (χ4n) is 2.67. The highest BCUT2D eigenvalue weighted by atomic mass is 32.2. The zero-order valence-electron chi connectivity index (χ0n) is 11.6. The summed E-state index contributed by atoms with van der Waals surface area (Å²) in [5.41, 5.74) is 0. The normalized spacial score (nSPS) is 22.6. The largest absolute Gasteiger partial charge is 0.497 e. The number of thioether (sulfide) groups is 1. The van der Waals surface area contributed by atoms with Crippen LogP contribution in [0.15, 0.2) is 11.8 Å². The Hall–Kier alpha value is -0.150. The second-order valence-electron chi connectivity index (χ2n) is 5.34. The highest BCUT2D eigenvalue weighted by molar-refractivity contribution is 7.99. The van der Waals surface area contributed by atoms with Crippen molar-refractivity contribution in [3.63, 3.8) is 0 Å². The molecular formula is C15H27NOS. The van der Waals surface area contributed by atoms with E-state index in [2.05, 4.69) is 30.1 Å². The van der Waals surface area contributed by atoms with Crippen molar-refractivity contribution < 1.29 is 4.74 Å². The maximum atomic E-state index is 5.84. The first kappa shape index (κ1) is 14.3. The molecule has 1 heterocycles. The number of allylic oxidation sites excluding steroid dienone is 1. The monoisotopic (exact) mass is 269 g/mol. The number of hydrogen-bond donors (Lipinski definition) is 1. The Morgan fingerprint density at radius 1 is 1.39 bits per heavy atom. The van der Waals surface area contributed by atoms with Gasteiger partial charge in [0.1, 0.15) is 5.76 Å². The molecule has 104 valence electrons. The van der Waals surface area contributed by atoms with Gasteiger partial charge in [0, 0.05) is 11.0 Å². The maximum absolute atomic E-state index is 5.84. The summed E-state index contributed by atoms with van der Waals surface area (Å²) in [7, 11) is 0. The van der Waals surface area contributed by atoms with E-state index in [0.29, 0.717) is 6.04 Å². The van der Waals surface area contributed by atoms with Crippen LogP contribution in [-0.2, 0) is 4.74 Å². The van der Waals surface area contributed by atoms with Gasteiger partial charge in [-0.1, -0.05) is 19.8 Å². The summed E-state index contributed by atoms with van der Waals surface area (Å²) < 4.78 is 5.84. The second-order valence-corrected chi connectivity index (χ2v) is 6.68. The van der Waals surface area contributed by atoms with E-state index in [4.69, 9.17) is 4.74 Å². The molecule has 18 heavy (non-hydrogen) atoms. The van der Waals surface area contributed by atoms with E-state index in [1.165, 1.54) is 56.5 Å². The van der Waals surface area contributed by atoms with Crippen molar-refractivity contribution in [2.45, 2.75) is 63.2 Å². The fraction of sp³-hybridized carbons (Fsp3) is 0.867. The molecule has 0 spiro atoms. The van der Waals surface area contributed by atoms with Crippen LogP contribution in [0, 0.1) is 0 Å². The quantitative estimate of drug-likeness (QED) is 0.761. The standard InChI is InChI=1S/C15H27NOS/c1-2-10-16-14(15-9-5-6-11-17-15)12-18-13-7-3-4-8-13/h9,13-14,16H,2-8,10-12H2,1H3. The van der Waals surface area contributed by atoms with E-state index in [9.17, 15) is 0 Å². The number of hydrogen-bond acceptors (Lipinski definition) is 3. The van der Waals surface area contributed by atoms with Crippen molar-refractivity contribution in [2.75, 3.05) is 18.9 Å². The molecule has 0 bridgehead atoms. The van der Waals surface area contributed by atoms with Gasteiger partial charge >= 0.3 is 0 Å². The third-order valence-corrected chi connectivity index (χ3v) is 5.22. The van der Waals surface area contributed by atoms with Crippen molar-refractivity contribution in [1.82, 2.24) is 5.32 Å². The molecule has 1 aliphatic heterocycles. The zero-order valence-corrected chi connectivity index (χ0v) is 12.4. The molecule has 0 aromatic heterocycles. The molecule has 2 aliphatic rings. The van der Waals surface area contributed by atoms with Crippen LogP contribution >= 0.6 is 11.8 Å². The topological polar surface area (TPSA) is 21.3 Å². The van der Waals surface area contributed by atoms with E-state index in [0.717, 1.165) is 18.4 Å². The summed E-state index contributed by atoms with van der Waals surface area (Å²) in [6, 6.07) is 0.441. The average Bonchev–Trinajstić information content (AvgIpc) is 2.93. The van der Waals surface area contributed by atoms with Gasteiger partial charge in [-0.25, -0.2) is 0 Å². The summed E-state index contributed by atoms with van der Waals surface area (Å²) in [4.78, 5) is 0. The highest BCUT2D eigenvalue weighted by Crippen LogP contribution is 2.30. The Morgan fingerprint density at radius 3 is 2.89 bits per heavy atom. The van der Waals surface area contributed by atoms with Crippen molar-refractivity contribution in [1.29, 1.82) is 0 Å². The molecular weight excluding hydrogens is 242 g/mol. The molecule has 0 aromatic carbocycles. The molecule has 1 aliphatic carbocycles. The fourth-order valence-corrected chi connectivity index (χ4v) is 4.08. The van der Waals surface area contributed by atoms with Gasteiger partial charge in [0.25, 0.3) is 0 Å². The van der Waals surface area contributed by atoms with Gasteiger partial charge in [0.05, 0.1) is 12.6 Å². The number of ether oxygens (including phenoxy) is 1. The Labute approximate surface area is 116 Å². The molecule has 1 N–H and O–H groups in total. The first-order valence-corrected chi connectivity index (χ1v) is 8.63. The van der Waals surface area contributed by atoms with E-state index >= 15 is 0 Å². The molecule has 0 amide bonds. The van der Waals surface area contributed by atoms with Crippen LogP contribution < -0.4 is 5.32 Å². The number of nitrogens with one attached hydrogen (secondary N) is 1. The van der Waals surface area contributed by atoms with Gasteiger partial charge in [-0.2, -0.15) is 11.8 Å². The predicted octanol–water partition coefficient (Wildman–Crippen LogP) is 3.72. The van der Waals surface area contributed by atoms with E-state index in [-0.39, 0.29) is 0 Å². The van der Waals surface area contributed by atoms with Crippen molar-refractivity contribution in [2.24, 2.45) is 0 Å². The Kier molecular flexibility index (Phi) is 6.42. The lowest BCUT2D eigenvalue weighted by Crippen LogP contribution is -2.36. The van der Waals surface area contributed by atoms with Crippen LogP contribution in [0.25, 0.3) is 0 Å². The lowest BCUT2D eigenvalue weighted by Gasteiger charge is -2.25. The molecule has 1 unspecified atom stereocenters. The molecule has 1 atom stereocenters. The predicted molar refractivity (Wildman–Crippen MR) is 80.1 cm³/mol. The van der Waals surface area contributed by atoms with Crippen molar-refractivity contribution in [3.05, 3.63) is 11.8 Å². The molecule has 0 radical (unpaired) electrons. The Morgan fingerprint density at radius 2 is 2.22 bits per heavy atom. The lowest BCUT2D eigenvalue weighted by molar-refractivity contribution is 0.171. The molecule has 2 rings (SSSR count). The average molecular weight is 269 g/mol. The van der Waals surface area contributed by atoms with Crippen LogP contribution in [-0.4, -0.2) is 30.2 Å². The minimum Gasteiger partial charge on any atom is -0.497 e. The summed E-state index contributed by atoms with van der Waals surface area (Å²) in [5.74, 6) is 2.39. The van der Waals surface area contributed by atoms with Gasteiger partial charge in [0.15, 0.2) is 0 Å². The highest BCUT2D eigenvalue weighted by Gasteiger charge is 2.21. The van der Waals surface area contributed by atoms with Gasteiger partial charge in [0.2, 0.25) is 0 Å². The minimum atomic E-state index is 0.441. The maximum Gasteiger partial charge on any atom is 0.110 e. The van der Waals surface area contributed by atoms with E-state index in [1.807, 2.05) is 0 Å². The second kappa shape index (κ2) is 8.11. The summed E-state index contributed by atoms with van der Waals surface area (Å²) in [5, 5.41) is 4.55. The molecule has 0 saturated heterocycles. The molecule has 2 nitrogen and oxygen atoms in total. The third-order valence-electron chi connectivity index (χ3n) is 3.75. The summed E-state index contributed by atoms with van der Waals surface area (Å²) in [6.07, 6.45) is 11.6. The smallest absolute Gasteiger partial charge is 0.110 e. The number of rotatable bonds is 7. The Balaban J connectivity index is 1.81. The van der Waals surface area contributed by atoms with Crippen LogP contribution in [0.2, 0.25) is 0 Å². The lowest BCUT2D eigenvalue weighted by atomic mass is 10.1. The van der Waals surface area contributed by atoms with E-state index < -0.39 is 0 Å².